The summed E-state index contributed by atoms with van der Waals surface area (Å²) < 4.78 is 5.94. The molecule has 2 rings (SSSR count). The van der Waals surface area contributed by atoms with Crippen molar-refractivity contribution >= 4 is 11.6 Å². The predicted molar refractivity (Wildman–Crippen MR) is 62.5 cm³/mol. The van der Waals surface area contributed by atoms with Crippen LogP contribution >= 0.6 is 11.6 Å². The zero-order valence-corrected chi connectivity index (χ0v) is 9.68. The molecule has 1 unspecified atom stereocenters. The van der Waals surface area contributed by atoms with Crippen LogP contribution in [0.15, 0.2) is 18.2 Å². The van der Waals surface area contributed by atoms with Crippen molar-refractivity contribution in [3.05, 3.63) is 28.8 Å². The summed E-state index contributed by atoms with van der Waals surface area (Å²) in [5, 5.41) is 0.733. The van der Waals surface area contributed by atoms with Crippen molar-refractivity contribution in [2.45, 2.75) is 31.8 Å². The second-order valence-electron chi connectivity index (χ2n) is 4.37. The van der Waals surface area contributed by atoms with E-state index in [0.29, 0.717) is 0 Å². The third-order valence-electron chi connectivity index (χ3n) is 2.86. The standard InChI is InChI=1S/C12H16ClNO/c1-12(5-2-6-14)8-9-3-4-10(13)7-11(9)15-12/h3-4,7H,2,5-6,8,14H2,1H3. The van der Waals surface area contributed by atoms with Gasteiger partial charge in [-0.2, -0.15) is 0 Å². The van der Waals surface area contributed by atoms with Gasteiger partial charge in [0.25, 0.3) is 0 Å². The molecule has 1 heterocycles. The molecule has 82 valence electrons. The van der Waals surface area contributed by atoms with Gasteiger partial charge >= 0.3 is 0 Å². The van der Waals surface area contributed by atoms with Crippen LogP contribution in [0.1, 0.15) is 25.3 Å². The van der Waals surface area contributed by atoms with Gasteiger partial charge in [0.15, 0.2) is 0 Å². The van der Waals surface area contributed by atoms with Crippen molar-refractivity contribution in [1.82, 2.24) is 0 Å². The van der Waals surface area contributed by atoms with Crippen LogP contribution in [0.4, 0.5) is 0 Å². The van der Waals surface area contributed by atoms with Crippen LogP contribution in [0, 0.1) is 0 Å². The molecule has 0 fully saturated rings. The molecule has 0 bridgehead atoms. The predicted octanol–water partition coefficient (Wildman–Crippen LogP) is 2.77. The highest BCUT2D eigenvalue weighted by Crippen LogP contribution is 2.38. The average Bonchev–Trinajstić information content (AvgIpc) is 2.51. The molecule has 0 spiro atoms. The Bertz CT molecular complexity index is 367. The van der Waals surface area contributed by atoms with Gasteiger partial charge in [-0.25, -0.2) is 0 Å². The summed E-state index contributed by atoms with van der Waals surface area (Å²) in [4.78, 5) is 0. The zero-order valence-electron chi connectivity index (χ0n) is 8.92. The molecule has 1 aromatic rings. The Balaban J connectivity index is 2.14. The van der Waals surface area contributed by atoms with Gasteiger partial charge in [-0.3, -0.25) is 0 Å². The first-order valence-corrected chi connectivity index (χ1v) is 5.68. The van der Waals surface area contributed by atoms with Gasteiger partial charge in [-0.15, -0.1) is 0 Å². The molecule has 15 heavy (non-hydrogen) atoms. The van der Waals surface area contributed by atoms with E-state index >= 15 is 0 Å². The monoisotopic (exact) mass is 225 g/mol. The molecule has 1 atom stereocenters. The lowest BCUT2D eigenvalue weighted by Crippen LogP contribution is -2.30. The molecule has 0 aliphatic carbocycles. The van der Waals surface area contributed by atoms with E-state index < -0.39 is 0 Å². The molecule has 2 N–H and O–H groups in total. The SMILES string of the molecule is CC1(CCCN)Cc2ccc(Cl)cc2O1. The van der Waals surface area contributed by atoms with Crippen molar-refractivity contribution in [3.8, 4) is 5.75 Å². The maximum Gasteiger partial charge on any atom is 0.124 e. The van der Waals surface area contributed by atoms with Crippen molar-refractivity contribution < 1.29 is 4.74 Å². The van der Waals surface area contributed by atoms with E-state index in [1.165, 1.54) is 5.56 Å². The van der Waals surface area contributed by atoms with E-state index in [9.17, 15) is 0 Å². The summed E-state index contributed by atoms with van der Waals surface area (Å²) in [6, 6.07) is 5.86. The van der Waals surface area contributed by atoms with Crippen LogP contribution in [-0.2, 0) is 6.42 Å². The van der Waals surface area contributed by atoms with E-state index in [1.807, 2.05) is 18.2 Å². The first-order valence-electron chi connectivity index (χ1n) is 5.30. The number of halogens is 1. The topological polar surface area (TPSA) is 35.2 Å². The van der Waals surface area contributed by atoms with Gasteiger partial charge < -0.3 is 10.5 Å². The zero-order chi connectivity index (χ0) is 10.9. The number of ether oxygens (including phenoxy) is 1. The summed E-state index contributed by atoms with van der Waals surface area (Å²) in [6.07, 6.45) is 2.95. The highest BCUT2D eigenvalue weighted by atomic mass is 35.5. The smallest absolute Gasteiger partial charge is 0.124 e. The van der Waals surface area contributed by atoms with E-state index in [0.717, 1.165) is 36.6 Å². The van der Waals surface area contributed by atoms with Gasteiger partial charge in [0.2, 0.25) is 0 Å². The summed E-state index contributed by atoms with van der Waals surface area (Å²) >= 11 is 5.92. The van der Waals surface area contributed by atoms with E-state index in [1.54, 1.807) is 0 Å². The minimum atomic E-state index is -0.0909. The highest BCUT2D eigenvalue weighted by Gasteiger charge is 2.33. The summed E-state index contributed by atoms with van der Waals surface area (Å²) in [5.74, 6) is 0.932. The Hall–Kier alpha value is -0.730. The molecule has 1 aromatic carbocycles. The first-order chi connectivity index (χ1) is 7.13. The third-order valence-corrected chi connectivity index (χ3v) is 3.09. The van der Waals surface area contributed by atoms with Gasteiger partial charge in [0.1, 0.15) is 11.4 Å². The van der Waals surface area contributed by atoms with Crippen LogP contribution in [0.25, 0.3) is 0 Å². The quantitative estimate of drug-likeness (QED) is 0.859. The Morgan fingerprint density at radius 1 is 1.53 bits per heavy atom. The molecule has 1 aliphatic heterocycles. The Morgan fingerprint density at radius 2 is 2.33 bits per heavy atom. The molecule has 0 amide bonds. The highest BCUT2D eigenvalue weighted by molar-refractivity contribution is 6.30. The van der Waals surface area contributed by atoms with Crippen molar-refractivity contribution in [2.24, 2.45) is 5.73 Å². The molecular weight excluding hydrogens is 210 g/mol. The molecule has 0 saturated carbocycles. The number of rotatable bonds is 3. The maximum atomic E-state index is 5.94. The van der Waals surface area contributed by atoms with Crippen LogP contribution < -0.4 is 10.5 Å². The van der Waals surface area contributed by atoms with Crippen LogP contribution in [0.3, 0.4) is 0 Å². The van der Waals surface area contributed by atoms with Gasteiger partial charge in [-0.05, 0) is 44.0 Å². The van der Waals surface area contributed by atoms with E-state index in [2.05, 4.69) is 6.92 Å². The van der Waals surface area contributed by atoms with Crippen LogP contribution in [0.5, 0.6) is 5.75 Å². The van der Waals surface area contributed by atoms with Crippen LogP contribution in [0.2, 0.25) is 5.02 Å². The Morgan fingerprint density at radius 3 is 3.07 bits per heavy atom. The van der Waals surface area contributed by atoms with Crippen molar-refractivity contribution in [3.63, 3.8) is 0 Å². The fraction of sp³-hybridized carbons (Fsp3) is 0.500. The lowest BCUT2D eigenvalue weighted by Gasteiger charge is -2.23. The number of benzene rings is 1. The fourth-order valence-corrected chi connectivity index (χ4v) is 2.25. The second-order valence-corrected chi connectivity index (χ2v) is 4.81. The summed E-state index contributed by atoms with van der Waals surface area (Å²) in [7, 11) is 0. The average molecular weight is 226 g/mol. The minimum Gasteiger partial charge on any atom is -0.487 e. The molecule has 0 radical (unpaired) electrons. The lowest BCUT2D eigenvalue weighted by molar-refractivity contribution is 0.104. The molecular formula is C12H16ClNO. The Kier molecular flexibility index (Phi) is 2.89. The number of fused-ring (bicyclic) bond motifs is 1. The molecule has 0 saturated heterocycles. The number of hydrogen-bond donors (Lipinski definition) is 1. The van der Waals surface area contributed by atoms with Crippen molar-refractivity contribution in [1.29, 1.82) is 0 Å². The normalized spacial score (nSPS) is 23.7. The van der Waals surface area contributed by atoms with Crippen LogP contribution in [-0.4, -0.2) is 12.1 Å². The summed E-state index contributed by atoms with van der Waals surface area (Å²) in [5.41, 5.74) is 6.68. The van der Waals surface area contributed by atoms with Gasteiger partial charge in [0.05, 0.1) is 0 Å². The first kappa shape index (κ1) is 10.8. The largest absolute Gasteiger partial charge is 0.487 e. The maximum absolute atomic E-state index is 5.94. The number of hydrogen-bond acceptors (Lipinski definition) is 2. The molecule has 2 nitrogen and oxygen atoms in total. The number of nitrogens with two attached hydrogens (primary N) is 1. The third kappa shape index (κ3) is 2.27. The van der Waals surface area contributed by atoms with Gasteiger partial charge in [-0.1, -0.05) is 17.7 Å². The minimum absolute atomic E-state index is 0.0909. The molecule has 3 heteroatoms. The molecule has 1 aliphatic rings. The van der Waals surface area contributed by atoms with Gasteiger partial charge in [0, 0.05) is 11.4 Å². The lowest BCUT2D eigenvalue weighted by atomic mass is 9.94. The fourth-order valence-electron chi connectivity index (χ4n) is 2.09. The summed E-state index contributed by atoms with van der Waals surface area (Å²) in [6.45, 7) is 2.85. The Labute approximate surface area is 95.4 Å². The van der Waals surface area contributed by atoms with E-state index in [4.69, 9.17) is 22.1 Å². The van der Waals surface area contributed by atoms with Crippen molar-refractivity contribution in [2.75, 3.05) is 6.54 Å². The second kappa shape index (κ2) is 4.03. The van der Waals surface area contributed by atoms with E-state index in [-0.39, 0.29) is 5.60 Å². The molecule has 0 aromatic heterocycles.